The molecule has 2 rings (SSSR count). The maximum atomic E-state index is 11.0. The van der Waals surface area contributed by atoms with Crippen molar-refractivity contribution < 1.29 is 25.5 Å². The van der Waals surface area contributed by atoms with E-state index >= 15 is 0 Å². The van der Waals surface area contributed by atoms with Gasteiger partial charge in [-0.05, 0) is 6.42 Å². The molecule has 0 aliphatic heterocycles. The Balaban J connectivity index is 2.15. The van der Waals surface area contributed by atoms with Crippen LogP contribution in [-0.2, 0) is 29.8 Å². The summed E-state index contributed by atoms with van der Waals surface area (Å²) in [5, 5.41) is 0. The molecule has 0 amide bonds. The summed E-state index contributed by atoms with van der Waals surface area (Å²) < 4.78 is 52.6. The van der Waals surface area contributed by atoms with Crippen LogP contribution in [0.3, 0.4) is 0 Å². The number of rotatable bonds is 4. The molecule has 8 heteroatoms. The van der Waals surface area contributed by atoms with E-state index in [1.807, 2.05) is 12.2 Å². The highest BCUT2D eigenvalue weighted by Crippen LogP contribution is 2.43. The summed E-state index contributed by atoms with van der Waals surface area (Å²) in [5.74, 6) is -0.178. The van der Waals surface area contributed by atoms with Crippen molar-refractivity contribution in [3.63, 3.8) is 0 Å². The van der Waals surface area contributed by atoms with Gasteiger partial charge in [-0.3, -0.25) is 8.37 Å². The first-order chi connectivity index (χ1) is 7.37. The largest absolute Gasteiger partial charge is 0.750 e. The van der Waals surface area contributed by atoms with Crippen LogP contribution in [0.25, 0.3) is 0 Å². The summed E-state index contributed by atoms with van der Waals surface area (Å²) in [6.07, 6.45) is 3.82. The van der Waals surface area contributed by atoms with Crippen molar-refractivity contribution in [3.8, 4) is 0 Å². The summed E-state index contributed by atoms with van der Waals surface area (Å²) in [6, 6.07) is 0. The summed E-state index contributed by atoms with van der Waals surface area (Å²) in [6.45, 7) is 0. The van der Waals surface area contributed by atoms with E-state index in [-0.39, 0.29) is 11.8 Å². The Morgan fingerprint density at radius 2 is 1.88 bits per heavy atom. The molecule has 2 aliphatic carbocycles. The molecule has 16 heavy (non-hydrogen) atoms. The van der Waals surface area contributed by atoms with Crippen LogP contribution in [0.2, 0.25) is 0 Å². The quantitative estimate of drug-likeness (QED) is 0.395. The van der Waals surface area contributed by atoms with Crippen molar-refractivity contribution in [3.05, 3.63) is 12.2 Å². The molecule has 6 nitrogen and oxygen atoms in total. The van der Waals surface area contributed by atoms with Crippen molar-refractivity contribution in [2.75, 3.05) is 6.26 Å². The minimum absolute atomic E-state index is 0.0883. The van der Waals surface area contributed by atoms with Gasteiger partial charge in [0.1, 0.15) is 12.2 Å². The fraction of sp³-hybridized carbons (Fsp3) is 0.750. The Morgan fingerprint density at radius 1 is 1.31 bits per heavy atom. The van der Waals surface area contributed by atoms with Gasteiger partial charge in [0.25, 0.3) is 10.1 Å². The Bertz CT molecular complexity index is 428. The van der Waals surface area contributed by atoms with E-state index < -0.39 is 33.7 Å². The second-order valence-corrected chi connectivity index (χ2v) is 6.18. The molecule has 1 saturated carbocycles. The van der Waals surface area contributed by atoms with Crippen molar-refractivity contribution in [1.29, 1.82) is 0 Å². The van der Waals surface area contributed by atoms with Crippen LogP contribution in [0.4, 0.5) is 0 Å². The lowest BCUT2D eigenvalue weighted by molar-refractivity contribution is 0.0542. The monoisotopic (exact) mass is 267 g/mol. The second-order valence-electron chi connectivity index (χ2n) is 3.98. The summed E-state index contributed by atoms with van der Waals surface area (Å²) in [4.78, 5) is 0. The first-order valence-corrected chi connectivity index (χ1v) is 7.51. The van der Waals surface area contributed by atoms with Gasteiger partial charge in [-0.1, -0.05) is 12.2 Å². The molecule has 0 spiro atoms. The molecule has 0 N–H and O–H groups in total. The lowest BCUT2D eigenvalue weighted by atomic mass is 10.0. The van der Waals surface area contributed by atoms with Gasteiger partial charge >= 0.3 is 0 Å². The third-order valence-corrected chi connectivity index (χ3v) is 3.74. The number of fused-ring (bicyclic) bond motifs is 2. The van der Waals surface area contributed by atoms with E-state index in [4.69, 9.17) is 4.18 Å². The van der Waals surface area contributed by atoms with Crippen LogP contribution in [0.5, 0.6) is 0 Å². The van der Waals surface area contributed by atoms with E-state index in [1.165, 1.54) is 0 Å². The van der Waals surface area contributed by atoms with Gasteiger partial charge in [0.2, 0.25) is 0 Å². The van der Waals surface area contributed by atoms with Gasteiger partial charge in [0.05, 0.1) is 17.6 Å². The van der Waals surface area contributed by atoms with Gasteiger partial charge in [-0.2, -0.15) is 8.42 Å². The van der Waals surface area contributed by atoms with Crippen LogP contribution in [0.1, 0.15) is 6.42 Å². The maximum Gasteiger partial charge on any atom is 0.264 e. The molecule has 5 unspecified atom stereocenters. The van der Waals surface area contributed by atoms with Crippen molar-refractivity contribution in [2.45, 2.75) is 18.6 Å². The Labute approximate surface area is 96.2 Å². The van der Waals surface area contributed by atoms with E-state index in [2.05, 4.69) is 4.18 Å². The molecule has 2 aliphatic rings. The van der Waals surface area contributed by atoms with Crippen molar-refractivity contribution in [2.24, 2.45) is 11.8 Å². The first kappa shape index (κ1) is 12.2. The molecule has 0 heterocycles. The predicted octanol–water partition coefficient (Wildman–Crippen LogP) is -0.284. The molecule has 5 atom stereocenters. The van der Waals surface area contributed by atoms with Crippen molar-refractivity contribution >= 4 is 21.5 Å². The predicted molar refractivity (Wildman–Crippen MR) is 54.2 cm³/mol. The van der Waals surface area contributed by atoms with E-state index in [1.54, 1.807) is 0 Å². The van der Waals surface area contributed by atoms with E-state index in [0.29, 0.717) is 6.42 Å². The molecule has 1 fully saturated rings. The molecule has 0 radical (unpaired) electrons. The molecule has 92 valence electrons. The molecule has 2 bridgehead atoms. The fourth-order valence-corrected chi connectivity index (χ4v) is 3.37. The van der Waals surface area contributed by atoms with Gasteiger partial charge in [-0.25, -0.2) is 4.21 Å². The standard InChI is InChI=1S/C8H12O6S2/c1-16(11,12)14-8-6-3-2-5(4-6)7(8)13-15(9)10/h2-3,5-8H,4H2,1H3,(H,9,10)/p-1. The van der Waals surface area contributed by atoms with Crippen LogP contribution in [0.15, 0.2) is 12.2 Å². The molecule has 0 aromatic heterocycles. The molecular formula is C8H11O6S2-. The Morgan fingerprint density at radius 3 is 2.38 bits per heavy atom. The maximum absolute atomic E-state index is 11.0. The molecular weight excluding hydrogens is 256 g/mol. The SMILES string of the molecule is CS(=O)(=O)OC1C2C=CC(C2)C1OS(=O)[O-]. The summed E-state index contributed by atoms with van der Waals surface area (Å²) >= 11 is -2.66. The van der Waals surface area contributed by atoms with Crippen LogP contribution in [0, 0.1) is 11.8 Å². The molecule has 0 aromatic rings. The smallest absolute Gasteiger partial charge is 0.264 e. The zero-order chi connectivity index (χ0) is 11.9. The molecule has 0 aromatic carbocycles. The third kappa shape index (κ3) is 2.51. The zero-order valence-corrected chi connectivity index (χ0v) is 10.1. The third-order valence-electron chi connectivity index (χ3n) is 2.79. The lowest BCUT2D eigenvalue weighted by Crippen LogP contribution is -2.37. The van der Waals surface area contributed by atoms with Crippen LogP contribution >= 0.6 is 0 Å². The topological polar surface area (TPSA) is 92.7 Å². The van der Waals surface area contributed by atoms with Crippen LogP contribution in [-0.4, -0.2) is 35.6 Å². The normalized spacial score (nSPS) is 39.1. The second kappa shape index (κ2) is 4.19. The summed E-state index contributed by atoms with van der Waals surface area (Å²) in [7, 11) is -3.61. The Hall–Kier alpha value is -0.280. The van der Waals surface area contributed by atoms with Gasteiger partial charge in [0, 0.05) is 11.8 Å². The lowest BCUT2D eigenvalue weighted by Gasteiger charge is -2.27. The fourth-order valence-electron chi connectivity index (χ4n) is 2.28. The van der Waals surface area contributed by atoms with Gasteiger partial charge in [-0.15, -0.1) is 0 Å². The average Bonchev–Trinajstić information content (AvgIpc) is 2.65. The Kier molecular flexibility index (Phi) is 3.19. The minimum Gasteiger partial charge on any atom is -0.750 e. The zero-order valence-electron chi connectivity index (χ0n) is 8.44. The highest BCUT2D eigenvalue weighted by molar-refractivity contribution is 7.86. The van der Waals surface area contributed by atoms with Crippen molar-refractivity contribution in [1.82, 2.24) is 0 Å². The number of hydrogen-bond donors (Lipinski definition) is 0. The average molecular weight is 267 g/mol. The first-order valence-electron chi connectivity index (χ1n) is 4.70. The molecule has 0 saturated heterocycles. The highest BCUT2D eigenvalue weighted by atomic mass is 32.2. The minimum atomic E-state index is -3.61. The van der Waals surface area contributed by atoms with Gasteiger partial charge in [0.15, 0.2) is 0 Å². The van der Waals surface area contributed by atoms with Crippen LogP contribution < -0.4 is 0 Å². The highest BCUT2D eigenvalue weighted by Gasteiger charge is 2.48. The van der Waals surface area contributed by atoms with Gasteiger partial charge < -0.3 is 4.55 Å². The summed E-state index contributed by atoms with van der Waals surface area (Å²) in [5.41, 5.74) is 0. The van der Waals surface area contributed by atoms with E-state index in [0.717, 1.165) is 6.26 Å². The number of hydrogen-bond acceptors (Lipinski definition) is 6. The van der Waals surface area contributed by atoms with E-state index in [9.17, 15) is 17.2 Å².